The Labute approximate surface area is 129 Å². The molecule has 0 radical (unpaired) electrons. The summed E-state index contributed by atoms with van der Waals surface area (Å²) in [7, 11) is 0. The van der Waals surface area contributed by atoms with Gasteiger partial charge in [-0.3, -0.25) is 15.0 Å². The Hall–Kier alpha value is -1.24. The molecule has 2 heterocycles. The number of hydrogen-bond donors (Lipinski definition) is 1. The standard InChI is InChI=1S/C14H18FN3O2.ClH/c15-13-7-12(18(19)20)2-1-10(13)8-17-6-4-14-11(9-17)3-5-16-14;/h1-2,7,11,14,16H,3-6,8-9H2;1H. The summed E-state index contributed by atoms with van der Waals surface area (Å²) in [6.45, 7) is 3.54. The molecule has 1 N–H and O–H groups in total. The minimum atomic E-state index is -0.567. The quantitative estimate of drug-likeness (QED) is 0.687. The second-order valence-electron chi connectivity index (χ2n) is 5.67. The zero-order valence-electron chi connectivity index (χ0n) is 11.6. The van der Waals surface area contributed by atoms with Crippen molar-refractivity contribution in [3.63, 3.8) is 0 Å². The highest BCUT2D eigenvalue weighted by atomic mass is 35.5. The van der Waals surface area contributed by atoms with Crippen molar-refractivity contribution in [3.8, 4) is 0 Å². The smallest absolute Gasteiger partial charge is 0.272 e. The number of nitrogens with one attached hydrogen (secondary N) is 1. The van der Waals surface area contributed by atoms with E-state index >= 15 is 0 Å². The lowest BCUT2D eigenvalue weighted by atomic mass is 9.93. The zero-order valence-corrected chi connectivity index (χ0v) is 12.4. The molecule has 116 valence electrons. The van der Waals surface area contributed by atoms with Gasteiger partial charge in [0.05, 0.1) is 11.0 Å². The van der Waals surface area contributed by atoms with Gasteiger partial charge in [-0.2, -0.15) is 0 Å². The van der Waals surface area contributed by atoms with Crippen molar-refractivity contribution >= 4 is 18.1 Å². The molecule has 2 unspecified atom stereocenters. The van der Waals surface area contributed by atoms with Gasteiger partial charge in [0.25, 0.3) is 5.69 Å². The largest absolute Gasteiger partial charge is 0.314 e. The Morgan fingerprint density at radius 1 is 1.43 bits per heavy atom. The van der Waals surface area contributed by atoms with E-state index in [1.165, 1.54) is 18.6 Å². The Balaban J connectivity index is 0.00000161. The van der Waals surface area contributed by atoms with Crippen LogP contribution in [-0.4, -0.2) is 35.5 Å². The van der Waals surface area contributed by atoms with Crippen LogP contribution < -0.4 is 5.32 Å². The van der Waals surface area contributed by atoms with Crippen molar-refractivity contribution in [2.75, 3.05) is 19.6 Å². The molecule has 0 aromatic heterocycles. The fraction of sp³-hybridized carbons (Fsp3) is 0.571. The first-order chi connectivity index (χ1) is 9.63. The van der Waals surface area contributed by atoms with Crippen LogP contribution >= 0.6 is 12.4 Å². The van der Waals surface area contributed by atoms with Crippen LogP contribution in [0.4, 0.5) is 10.1 Å². The van der Waals surface area contributed by atoms with Gasteiger partial charge in [0, 0.05) is 30.8 Å². The number of halogens is 2. The molecule has 5 nitrogen and oxygen atoms in total. The van der Waals surface area contributed by atoms with E-state index < -0.39 is 10.7 Å². The lowest BCUT2D eigenvalue weighted by Gasteiger charge is -2.34. The third kappa shape index (κ3) is 3.51. The summed E-state index contributed by atoms with van der Waals surface area (Å²) in [6.07, 6.45) is 2.28. The second-order valence-corrected chi connectivity index (χ2v) is 5.67. The van der Waals surface area contributed by atoms with E-state index in [0.717, 1.165) is 32.1 Å². The summed E-state index contributed by atoms with van der Waals surface area (Å²) in [4.78, 5) is 12.3. The first kappa shape index (κ1) is 16.1. The van der Waals surface area contributed by atoms with Gasteiger partial charge in [-0.15, -0.1) is 12.4 Å². The van der Waals surface area contributed by atoms with E-state index in [9.17, 15) is 14.5 Å². The molecule has 0 saturated carbocycles. The van der Waals surface area contributed by atoms with Crippen molar-refractivity contribution in [3.05, 3.63) is 39.7 Å². The number of nitro benzene ring substituents is 1. The van der Waals surface area contributed by atoms with Crippen molar-refractivity contribution in [2.45, 2.75) is 25.4 Å². The van der Waals surface area contributed by atoms with Crippen molar-refractivity contribution in [2.24, 2.45) is 5.92 Å². The Bertz CT molecular complexity index is 529. The number of nitrogens with zero attached hydrogens (tertiary/aromatic N) is 2. The average Bonchev–Trinajstić information content (AvgIpc) is 2.88. The van der Waals surface area contributed by atoms with Crippen LogP contribution in [0, 0.1) is 21.8 Å². The van der Waals surface area contributed by atoms with Gasteiger partial charge in [-0.05, 0) is 37.9 Å². The Morgan fingerprint density at radius 3 is 2.95 bits per heavy atom. The molecule has 3 rings (SSSR count). The number of non-ortho nitro benzene ring substituents is 1. The van der Waals surface area contributed by atoms with E-state index in [4.69, 9.17) is 0 Å². The molecule has 21 heavy (non-hydrogen) atoms. The molecular weight excluding hydrogens is 297 g/mol. The van der Waals surface area contributed by atoms with Gasteiger partial charge in [0.15, 0.2) is 0 Å². The van der Waals surface area contributed by atoms with Crippen LogP contribution in [0.1, 0.15) is 18.4 Å². The van der Waals surface area contributed by atoms with Crippen LogP contribution in [0.25, 0.3) is 0 Å². The first-order valence-electron chi connectivity index (χ1n) is 7.02. The number of fused-ring (bicyclic) bond motifs is 1. The lowest BCUT2D eigenvalue weighted by molar-refractivity contribution is -0.385. The van der Waals surface area contributed by atoms with Gasteiger partial charge >= 0.3 is 0 Å². The van der Waals surface area contributed by atoms with E-state index in [-0.39, 0.29) is 18.1 Å². The van der Waals surface area contributed by atoms with Gasteiger partial charge in [-0.1, -0.05) is 0 Å². The predicted octanol–water partition coefficient (Wildman–Crippen LogP) is 2.34. The molecule has 2 aliphatic heterocycles. The summed E-state index contributed by atoms with van der Waals surface area (Å²) in [5.41, 5.74) is 0.352. The van der Waals surface area contributed by atoms with Crippen molar-refractivity contribution < 1.29 is 9.31 Å². The number of piperidine rings is 1. The summed E-state index contributed by atoms with van der Waals surface area (Å²) in [6, 6.07) is 4.54. The molecule has 2 atom stereocenters. The van der Waals surface area contributed by atoms with Crippen LogP contribution in [0.5, 0.6) is 0 Å². The minimum Gasteiger partial charge on any atom is -0.314 e. The average molecular weight is 316 g/mol. The molecule has 7 heteroatoms. The molecule has 2 aliphatic rings. The molecule has 0 bridgehead atoms. The zero-order chi connectivity index (χ0) is 14.1. The highest BCUT2D eigenvalue weighted by molar-refractivity contribution is 5.85. The monoisotopic (exact) mass is 315 g/mol. The third-order valence-corrected chi connectivity index (χ3v) is 4.38. The number of likely N-dealkylation sites (tertiary alicyclic amines) is 1. The number of rotatable bonds is 3. The number of nitro groups is 1. The van der Waals surface area contributed by atoms with Gasteiger partial charge in [0.2, 0.25) is 0 Å². The lowest BCUT2D eigenvalue weighted by Crippen LogP contribution is -2.44. The van der Waals surface area contributed by atoms with Crippen molar-refractivity contribution in [1.82, 2.24) is 10.2 Å². The van der Waals surface area contributed by atoms with Crippen molar-refractivity contribution in [1.29, 1.82) is 0 Å². The first-order valence-corrected chi connectivity index (χ1v) is 7.02. The van der Waals surface area contributed by atoms with Gasteiger partial charge in [-0.25, -0.2) is 4.39 Å². The maximum Gasteiger partial charge on any atom is 0.272 e. The Morgan fingerprint density at radius 2 is 2.24 bits per heavy atom. The molecule has 2 fully saturated rings. The molecule has 1 aromatic rings. The van der Waals surface area contributed by atoms with Gasteiger partial charge in [0.1, 0.15) is 5.82 Å². The summed E-state index contributed by atoms with van der Waals surface area (Å²) in [5, 5.41) is 14.1. The van der Waals surface area contributed by atoms with E-state index in [0.29, 0.717) is 24.1 Å². The maximum atomic E-state index is 13.9. The van der Waals surface area contributed by atoms with E-state index in [2.05, 4.69) is 10.2 Å². The molecule has 0 spiro atoms. The molecule has 0 amide bonds. The SMILES string of the molecule is Cl.O=[N+]([O-])c1ccc(CN2CCC3NCCC3C2)c(F)c1. The second kappa shape index (κ2) is 6.68. The fourth-order valence-corrected chi connectivity index (χ4v) is 3.29. The highest BCUT2D eigenvalue weighted by Gasteiger charge is 2.32. The Kier molecular flexibility index (Phi) is 5.13. The highest BCUT2D eigenvalue weighted by Crippen LogP contribution is 2.26. The van der Waals surface area contributed by atoms with E-state index in [1.54, 1.807) is 0 Å². The normalized spacial score (nSPS) is 25.2. The predicted molar refractivity (Wildman–Crippen MR) is 80.1 cm³/mol. The topological polar surface area (TPSA) is 58.4 Å². The van der Waals surface area contributed by atoms with Crippen LogP contribution in [-0.2, 0) is 6.54 Å². The fourth-order valence-electron chi connectivity index (χ4n) is 3.29. The third-order valence-electron chi connectivity index (χ3n) is 4.38. The number of benzene rings is 1. The summed E-state index contributed by atoms with van der Waals surface area (Å²) >= 11 is 0. The van der Waals surface area contributed by atoms with E-state index in [1.807, 2.05) is 0 Å². The maximum absolute atomic E-state index is 13.9. The van der Waals surface area contributed by atoms with Crippen LogP contribution in [0.15, 0.2) is 18.2 Å². The summed E-state index contributed by atoms with van der Waals surface area (Å²) < 4.78 is 13.9. The van der Waals surface area contributed by atoms with Crippen LogP contribution in [0.2, 0.25) is 0 Å². The molecule has 1 aromatic carbocycles. The van der Waals surface area contributed by atoms with Gasteiger partial charge < -0.3 is 5.32 Å². The molecule has 0 aliphatic carbocycles. The summed E-state index contributed by atoms with van der Waals surface area (Å²) in [5.74, 6) is 0.177. The van der Waals surface area contributed by atoms with Crippen LogP contribution in [0.3, 0.4) is 0 Å². The minimum absolute atomic E-state index is 0. The number of hydrogen-bond acceptors (Lipinski definition) is 4. The molecular formula is C14H19ClFN3O2. The molecule has 2 saturated heterocycles.